The SMILES string of the molecule is COc1ccc2c(c1)O[C@@H](C)C1=C2CC[C@]2(C)C(=O)CC=C12. The fourth-order valence-electron chi connectivity index (χ4n) is 4.12. The number of allylic oxidation sites excluding steroid dienone is 2. The lowest BCUT2D eigenvalue weighted by Crippen LogP contribution is -2.35. The second-order valence-electron chi connectivity index (χ2n) is 6.59. The van der Waals surface area contributed by atoms with Gasteiger partial charge in [-0.05, 0) is 55.5 Å². The lowest BCUT2D eigenvalue weighted by atomic mass is 9.67. The quantitative estimate of drug-likeness (QED) is 0.787. The molecular formula is C19H20O3. The van der Waals surface area contributed by atoms with Crippen molar-refractivity contribution in [3.63, 3.8) is 0 Å². The number of methoxy groups -OCH3 is 1. The lowest BCUT2D eigenvalue weighted by molar-refractivity contribution is -0.124. The third-order valence-corrected chi connectivity index (χ3v) is 5.42. The summed E-state index contributed by atoms with van der Waals surface area (Å²) in [7, 11) is 1.67. The summed E-state index contributed by atoms with van der Waals surface area (Å²) in [4.78, 5) is 12.3. The van der Waals surface area contributed by atoms with Crippen LogP contribution < -0.4 is 9.47 Å². The standard InChI is InChI=1S/C19H20O3/c1-11-18-14(8-9-19(2)15(18)6-7-17(19)20)13-5-4-12(21-3)10-16(13)22-11/h4-6,10-11H,7-9H2,1-3H3/t11-,19-/m0/s1. The predicted molar refractivity (Wildman–Crippen MR) is 85.1 cm³/mol. The molecule has 0 aromatic heterocycles. The second-order valence-corrected chi connectivity index (χ2v) is 6.59. The number of hydrogen-bond donors (Lipinski definition) is 0. The van der Waals surface area contributed by atoms with E-state index in [1.54, 1.807) is 7.11 Å². The molecule has 1 heterocycles. The van der Waals surface area contributed by atoms with E-state index in [-0.39, 0.29) is 11.5 Å². The zero-order valence-electron chi connectivity index (χ0n) is 13.2. The monoisotopic (exact) mass is 296 g/mol. The summed E-state index contributed by atoms with van der Waals surface area (Å²) < 4.78 is 11.4. The summed E-state index contributed by atoms with van der Waals surface area (Å²) in [6, 6.07) is 6.01. The number of carbonyl (C=O) groups is 1. The van der Waals surface area contributed by atoms with Gasteiger partial charge in [-0.3, -0.25) is 4.79 Å². The maximum Gasteiger partial charge on any atom is 0.146 e. The van der Waals surface area contributed by atoms with Crippen molar-refractivity contribution in [1.82, 2.24) is 0 Å². The summed E-state index contributed by atoms with van der Waals surface area (Å²) in [6.45, 7) is 4.17. The Morgan fingerprint density at radius 1 is 1.36 bits per heavy atom. The minimum Gasteiger partial charge on any atom is -0.497 e. The fraction of sp³-hybridized carbons (Fsp3) is 0.421. The van der Waals surface area contributed by atoms with Crippen LogP contribution in [0.3, 0.4) is 0 Å². The van der Waals surface area contributed by atoms with Crippen molar-refractivity contribution in [2.45, 2.75) is 39.2 Å². The van der Waals surface area contributed by atoms with Crippen LogP contribution in [0.4, 0.5) is 0 Å². The molecule has 3 nitrogen and oxygen atoms in total. The van der Waals surface area contributed by atoms with Gasteiger partial charge >= 0.3 is 0 Å². The maximum absolute atomic E-state index is 12.3. The van der Waals surface area contributed by atoms with Crippen molar-refractivity contribution in [3.05, 3.63) is 41.0 Å². The van der Waals surface area contributed by atoms with Crippen molar-refractivity contribution in [1.29, 1.82) is 0 Å². The highest BCUT2D eigenvalue weighted by atomic mass is 16.5. The zero-order chi connectivity index (χ0) is 15.5. The van der Waals surface area contributed by atoms with Crippen LogP contribution in [0, 0.1) is 5.41 Å². The average molecular weight is 296 g/mol. The Hall–Kier alpha value is -2.03. The molecule has 0 amide bonds. The van der Waals surface area contributed by atoms with E-state index in [2.05, 4.69) is 26.0 Å². The number of benzene rings is 1. The first-order valence-corrected chi connectivity index (χ1v) is 7.87. The first-order valence-electron chi connectivity index (χ1n) is 7.87. The van der Waals surface area contributed by atoms with Crippen LogP contribution in [-0.4, -0.2) is 19.0 Å². The van der Waals surface area contributed by atoms with Crippen molar-refractivity contribution in [2.24, 2.45) is 5.41 Å². The Balaban J connectivity index is 1.89. The topological polar surface area (TPSA) is 35.5 Å². The van der Waals surface area contributed by atoms with Gasteiger partial charge in [0, 0.05) is 18.1 Å². The number of hydrogen-bond acceptors (Lipinski definition) is 3. The van der Waals surface area contributed by atoms with Gasteiger partial charge in [0.2, 0.25) is 0 Å². The molecule has 0 bridgehead atoms. The highest BCUT2D eigenvalue weighted by Gasteiger charge is 2.47. The van der Waals surface area contributed by atoms with Gasteiger partial charge in [0.15, 0.2) is 0 Å². The molecule has 2 atom stereocenters. The Labute approximate surface area is 130 Å². The molecule has 0 saturated heterocycles. The van der Waals surface area contributed by atoms with Gasteiger partial charge in [0.05, 0.1) is 12.5 Å². The van der Waals surface area contributed by atoms with Gasteiger partial charge < -0.3 is 9.47 Å². The molecule has 1 aromatic rings. The molecule has 1 aliphatic heterocycles. The molecule has 0 saturated carbocycles. The Kier molecular flexibility index (Phi) is 2.77. The molecule has 0 spiro atoms. The van der Waals surface area contributed by atoms with Crippen LogP contribution in [0.2, 0.25) is 0 Å². The summed E-state index contributed by atoms with van der Waals surface area (Å²) in [5.41, 5.74) is 4.62. The largest absolute Gasteiger partial charge is 0.497 e. The molecule has 2 aliphatic carbocycles. The molecule has 0 N–H and O–H groups in total. The van der Waals surface area contributed by atoms with Crippen molar-refractivity contribution >= 4 is 11.4 Å². The number of rotatable bonds is 1. The van der Waals surface area contributed by atoms with Crippen molar-refractivity contribution in [3.8, 4) is 11.5 Å². The van der Waals surface area contributed by atoms with Gasteiger partial charge in [-0.1, -0.05) is 6.08 Å². The smallest absolute Gasteiger partial charge is 0.146 e. The van der Waals surface area contributed by atoms with Gasteiger partial charge in [-0.15, -0.1) is 0 Å². The van der Waals surface area contributed by atoms with Crippen LogP contribution in [0.25, 0.3) is 5.57 Å². The second kappa shape index (κ2) is 4.48. The first kappa shape index (κ1) is 13.6. The van der Waals surface area contributed by atoms with E-state index in [0.29, 0.717) is 12.2 Å². The molecule has 22 heavy (non-hydrogen) atoms. The van der Waals surface area contributed by atoms with E-state index in [1.165, 1.54) is 16.7 Å². The number of Topliss-reactive ketones (excluding diaryl/α,β-unsaturated/α-hetero) is 1. The molecular weight excluding hydrogens is 276 g/mol. The van der Waals surface area contributed by atoms with Gasteiger partial charge in [0.25, 0.3) is 0 Å². The average Bonchev–Trinajstić information content (AvgIpc) is 2.82. The van der Waals surface area contributed by atoms with E-state index in [0.717, 1.165) is 29.9 Å². The number of fused-ring (bicyclic) bond motifs is 4. The minimum atomic E-state index is -0.305. The summed E-state index contributed by atoms with van der Waals surface area (Å²) >= 11 is 0. The molecule has 4 rings (SSSR count). The van der Waals surface area contributed by atoms with E-state index >= 15 is 0 Å². The van der Waals surface area contributed by atoms with Crippen molar-refractivity contribution < 1.29 is 14.3 Å². The first-order chi connectivity index (χ1) is 10.5. The van der Waals surface area contributed by atoms with Gasteiger partial charge in [-0.25, -0.2) is 0 Å². The third kappa shape index (κ3) is 1.65. The summed E-state index contributed by atoms with van der Waals surface area (Å²) in [5, 5.41) is 0. The summed E-state index contributed by atoms with van der Waals surface area (Å²) in [5.74, 6) is 2.05. The summed E-state index contributed by atoms with van der Waals surface area (Å²) in [6.07, 6.45) is 4.48. The van der Waals surface area contributed by atoms with E-state index in [1.807, 2.05) is 12.1 Å². The fourth-order valence-corrected chi connectivity index (χ4v) is 4.12. The van der Waals surface area contributed by atoms with E-state index in [9.17, 15) is 4.79 Å². The number of carbonyl (C=O) groups excluding carboxylic acids is 1. The molecule has 1 aromatic carbocycles. The number of ketones is 1. The molecule has 3 heteroatoms. The Morgan fingerprint density at radius 2 is 2.18 bits per heavy atom. The minimum absolute atomic E-state index is 0.0219. The van der Waals surface area contributed by atoms with Crippen LogP contribution in [0.5, 0.6) is 11.5 Å². The van der Waals surface area contributed by atoms with Crippen LogP contribution >= 0.6 is 0 Å². The molecule has 114 valence electrons. The highest BCUT2D eigenvalue weighted by Crippen LogP contribution is 2.55. The highest BCUT2D eigenvalue weighted by molar-refractivity contribution is 5.97. The van der Waals surface area contributed by atoms with Crippen molar-refractivity contribution in [2.75, 3.05) is 7.11 Å². The van der Waals surface area contributed by atoms with E-state index in [4.69, 9.17) is 9.47 Å². The van der Waals surface area contributed by atoms with Crippen LogP contribution in [-0.2, 0) is 4.79 Å². The molecule has 0 radical (unpaired) electrons. The third-order valence-electron chi connectivity index (χ3n) is 5.42. The lowest BCUT2D eigenvalue weighted by Gasteiger charge is -2.40. The Morgan fingerprint density at radius 3 is 2.95 bits per heavy atom. The maximum atomic E-state index is 12.3. The zero-order valence-corrected chi connectivity index (χ0v) is 13.2. The normalized spacial score (nSPS) is 29.3. The van der Waals surface area contributed by atoms with Crippen LogP contribution in [0.15, 0.2) is 35.4 Å². The van der Waals surface area contributed by atoms with E-state index < -0.39 is 0 Å². The van der Waals surface area contributed by atoms with Gasteiger partial charge in [-0.2, -0.15) is 0 Å². The predicted octanol–water partition coefficient (Wildman–Crippen LogP) is 3.93. The molecule has 0 unspecified atom stereocenters. The Bertz CT molecular complexity index is 741. The van der Waals surface area contributed by atoms with Gasteiger partial charge in [0.1, 0.15) is 23.4 Å². The molecule has 3 aliphatic rings. The number of ether oxygens (including phenoxy) is 2. The molecule has 0 fully saturated rings. The van der Waals surface area contributed by atoms with Crippen LogP contribution in [0.1, 0.15) is 38.7 Å².